The molecule has 0 saturated heterocycles. The summed E-state index contributed by atoms with van der Waals surface area (Å²) >= 11 is 0. The molecule has 2 amide bonds. The number of carbonyl (C=O) groups excluding carboxylic acids is 2. The van der Waals surface area contributed by atoms with Crippen molar-refractivity contribution in [1.82, 2.24) is 15.5 Å². The first-order valence-electron chi connectivity index (χ1n) is 14.5. The molecule has 1 aromatic carbocycles. The molecule has 1 aliphatic rings. The van der Waals surface area contributed by atoms with Crippen LogP contribution in [0.5, 0.6) is 5.75 Å². The minimum atomic E-state index is -2.30. The molecule has 0 bridgehead atoms. The number of ether oxygens (including phenoxy) is 3. The fraction of sp³-hybridized carbons (Fsp3) is 0.667. The molecule has 3 N–H and O–H groups in total. The van der Waals surface area contributed by atoms with Crippen molar-refractivity contribution in [2.75, 3.05) is 26.2 Å². The van der Waals surface area contributed by atoms with Gasteiger partial charge >= 0.3 is 18.2 Å². The number of hydrogen-bond acceptors (Lipinski definition) is 9. The molecule has 0 spiro atoms. The summed E-state index contributed by atoms with van der Waals surface area (Å²) in [5, 5.41) is 15.2. The average molecular weight is 623 g/mol. The predicted octanol–water partition coefficient (Wildman–Crippen LogP) is 5.30. The number of carbonyl (C=O) groups is 3. The molecule has 13 heteroatoms. The van der Waals surface area contributed by atoms with Crippen LogP contribution in [-0.2, 0) is 18.7 Å². The van der Waals surface area contributed by atoms with Gasteiger partial charge in [-0.05, 0) is 77.4 Å². The van der Waals surface area contributed by atoms with Crippen LogP contribution in [0.4, 0.5) is 9.59 Å². The number of alkyl carbamates (subject to hydrolysis) is 1. The molecule has 242 valence electrons. The van der Waals surface area contributed by atoms with Crippen molar-refractivity contribution in [3.05, 3.63) is 29.8 Å². The van der Waals surface area contributed by atoms with Gasteiger partial charge in [-0.3, -0.25) is 0 Å². The molecule has 2 rings (SSSR count). The van der Waals surface area contributed by atoms with Gasteiger partial charge in [0.05, 0.1) is 12.6 Å². The van der Waals surface area contributed by atoms with Gasteiger partial charge in [0, 0.05) is 13.1 Å². The van der Waals surface area contributed by atoms with Crippen molar-refractivity contribution in [1.29, 1.82) is 0 Å². The van der Waals surface area contributed by atoms with E-state index in [1.54, 1.807) is 32.9 Å². The number of amides is 2. The van der Waals surface area contributed by atoms with Crippen LogP contribution >= 0.6 is 0 Å². The topological polar surface area (TPSA) is 148 Å². The molecule has 0 saturated carbocycles. The number of esters is 1. The minimum absolute atomic E-state index is 0.0134. The van der Waals surface area contributed by atoms with E-state index in [9.17, 15) is 19.5 Å². The van der Waals surface area contributed by atoms with E-state index in [0.717, 1.165) is 10.5 Å². The molecule has 0 aliphatic carbocycles. The molecule has 1 heterocycles. The number of nitrogens with zero attached hydrogens (tertiary/aromatic N) is 2. The van der Waals surface area contributed by atoms with Crippen molar-refractivity contribution in [2.24, 2.45) is 4.99 Å². The zero-order chi connectivity index (χ0) is 32.8. The minimum Gasteiger partial charge on any atom is -0.490 e. The Morgan fingerprint density at radius 3 is 2.07 bits per heavy atom. The number of carboxylic acid groups (broad SMARTS) is 1. The maximum absolute atomic E-state index is 13.0. The van der Waals surface area contributed by atoms with Gasteiger partial charge in [0.1, 0.15) is 23.6 Å². The van der Waals surface area contributed by atoms with E-state index < -0.39 is 49.8 Å². The van der Waals surface area contributed by atoms with Gasteiger partial charge in [-0.25, -0.2) is 24.3 Å². The lowest BCUT2D eigenvalue weighted by atomic mass is 10.1. The third kappa shape index (κ3) is 11.7. The third-order valence-electron chi connectivity index (χ3n) is 6.78. The lowest BCUT2D eigenvalue weighted by Crippen LogP contribution is -2.49. The van der Waals surface area contributed by atoms with E-state index >= 15 is 0 Å². The van der Waals surface area contributed by atoms with Crippen molar-refractivity contribution < 1.29 is 38.1 Å². The molecule has 0 radical (unpaired) electrons. The second-order valence-corrected chi connectivity index (χ2v) is 18.8. The zero-order valence-corrected chi connectivity index (χ0v) is 28.5. The van der Waals surface area contributed by atoms with Gasteiger partial charge in [0.25, 0.3) is 0 Å². The van der Waals surface area contributed by atoms with Crippen LogP contribution in [0.2, 0.25) is 18.1 Å². The first kappa shape index (κ1) is 35.9. The lowest BCUT2D eigenvalue weighted by Gasteiger charge is -2.39. The standard InChI is InChI=1S/C30H50N4O8Si/c1-28(2,3)40-24(35)23(42-43(10,11)30(7,8)9)19-39-21-14-12-20(13-15-21)22-18-34(27(37)38)25(33-22)31-16-17-32-26(36)41-29(4,5)6/h12-15,22-23H,16-19H2,1-11H3,(H,31,33)(H,32,36)(H,37,38)/t22-,23-/m1/s1. The first-order chi connectivity index (χ1) is 19.6. The fourth-order valence-electron chi connectivity index (χ4n) is 3.67. The first-order valence-corrected chi connectivity index (χ1v) is 17.4. The van der Waals surface area contributed by atoms with E-state index in [-0.39, 0.29) is 37.2 Å². The second-order valence-electron chi connectivity index (χ2n) is 14.0. The molecule has 0 unspecified atom stereocenters. The van der Waals surface area contributed by atoms with Crippen molar-refractivity contribution in [3.63, 3.8) is 0 Å². The summed E-state index contributed by atoms with van der Waals surface area (Å²) in [6.07, 6.45) is -2.58. The molecule has 0 fully saturated rings. The number of hydrogen-bond donors (Lipinski definition) is 3. The van der Waals surface area contributed by atoms with Crippen LogP contribution in [0.25, 0.3) is 0 Å². The van der Waals surface area contributed by atoms with Crippen LogP contribution in [0, 0.1) is 0 Å². The van der Waals surface area contributed by atoms with Crippen LogP contribution in [0.1, 0.15) is 73.9 Å². The van der Waals surface area contributed by atoms with Crippen molar-refractivity contribution in [3.8, 4) is 5.75 Å². The summed E-state index contributed by atoms with van der Waals surface area (Å²) in [6, 6.07) is 6.71. The highest BCUT2D eigenvalue weighted by molar-refractivity contribution is 6.74. The van der Waals surface area contributed by atoms with E-state index in [4.69, 9.17) is 18.6 Å². The van der Waals surface area contributed by atoms with Crippen LogP contribution in [0.3, 0.4) is 0 Å². The predicted molar refractivity (Wildman–Crippen MR) is 167 cm³/mol. The lowest BCUT2D eigenvalue weighted by molar-refractivity contribution is -0.165. The largest absolute Gasteiger partial charge is 0.490 e. The number of benzene rings is 1. The van der Waals surface area contributed by atoms with Gasteiger partial charge in [-0.15, -0.1) is 0 Å². The van der Waals surface area contributed by atoms with E-state index in [1.165, 1.54) is 0 Å². The summed E-state index contributed by atoms with van der Waals surface area (Å²) in [6.45, 7) is 21.8. The quantitative estimate of drug-likeness (QED) is 0.180. The van der Waals surface area contributed by atoms with Crippen molar-refractivity contribution in [2.45, 2.75) is 104 Å². The number of rotatable bonds is 10. The zero-order valence-electron chi connectivity index (χ0n) is 27.5. The Morgan fingerprint density at radius 1 is 0.977 bits per heavy atom. The van der Waals surface area contributed by atoms with Gasteiger partial charge in [0.2, 0.25) is 5.96 Å². The summed E-state index contributed by atoms with van der Waals surface area (Å²) in [5.41, 5.74) is -0.482. The van der Waals surface area contributed by atoms with Gasteiger partial charge < -0.3 is 34.4 Å². The molecule has 1 aromatic rings. The number of aliphatic imine (C=N–C) groups is 1. The second kappa shape index (κ2) is 14.0. The maximum Gasteiger partial charge on any atom is 0.414 e. The molecule has 43 heavy (non-hydrogen) atoms. The summed E-state index contributed by atoms with van der Waals surface area (Å²) in [4.78, 5) is 42.4. The Kier molecular flexibility index (Phi) is 11.7. The highest BCUT2D eigenvalue weighted by Gasteiger charge is 2.42. The smallest absolute Gasteiger partial charge is 0.414 e. The van der Waals surface area contributed by atoms with Crippen molar-refractivity contribution >= 4 is 32.4 Å². The molecule has 2 atom stereocenters. The molecule has 1 aliphatic heterocycles. The average Bonchev–Trinajstić information content (AvgIpc) is 3.26. The van der Waals surface area contributed by atoms with Crippen LogP contribution < -0.4 is 15.4 Å². The third-order valence-corrected chi connectivity index (χ3v) is 11.3. The molecule has 0 aromatic heterocycles. The fourth-order valence-corrected chi connectivity index (χ4v) is 4.90. The Labute approximate surface area is 256 Å². The van der Waals surface area contributed by atoms with E-state index in [2.05, 4.69) is 49.5 Å². The maximum atomic E-state index is 13.0. The van der Waals surface area contributed by atoms with E-state index in [0.29, 0.717) is 5.75 Å². The highest BCUT2D eigenvalue weighted by Crippen LogP contribution is 2.37. The van der Waals surface area contributed by atoms with Crippen LogP contribution in [0.15, 0.2) is 29.3 Å². The molecule has 12 nitrogen and oxygen atoms in total. The van der Waals surface area contributed by atoms with Gasteiger partial charge in [0.15, 0.2) is 14.4 Å². The van der Waals surface area contributed by atoms with Crippen LogP contribution in [-0.4, -0.2) is 86.0 Å². The number of guanidine groups is 1. The normalized spacial score (nSPS) is 16.7. The monoisotopic (exact) mass is 622 g/mol. The summed E-state index contributed by atoms with van der Waals surface area (Å²) in [7, 11) is -2.30. The Hall–Kier alpha value is -3.32. The summed E-state index contributed by atoms with van der Waals surface area (Å²) < 4.78 is 23.2. The Morgan fingerprint density at radius 2 is 1.56 bits per heavy atom. The Bertz CT molecular complexity index is 1150. The highest BCUT2D eigenvalue weighted by atomic mass is 28.4. The van der Waals surface area contributed by atoms with E-state index in [1.807, 2.05) is 32.9 Å². The van der Waals surface area contributed by atoms with Gasteiger partial charge in [-0.2, -0.15) is 0 Å². The SMILES string of the molecule is CC(C)(C)OC(=O)NCCNC1=N[C@@H](c2ccc(OC[C@@H](O[Si](C)(C)C(C)(C)C)C(=O)OC(C)(C)C)cc2)CN1C(=O)O. The van der Waals surface area contributed by atoms with Gasteiger partial charge in [-0.1, -0.05) is 32.9 Å². The molecular weight excluding hydrogens is 572 g/mol. The molecular formula is C30H50N4O8Si. The Balaban J connectivity index is 2.05. The summed E-state index contributed by atoms with van der Waals surface area (Å²) in [5.74, 6) is 0.260. The number of nitrogens with one attached hydrogen (secondary N) is 2.